The second-order valence-electron chi connectivity index (χ2n) is 4.10. The average molecular weight is 255 g/mol. The van der Waals surface area contributed by atoms with Crippen LogP contribution in [-0.4, -0.2) is 23.0 Å². The zero-order chi connectivity index (χ0) is 13.4. The van der Waals surface area contributed by atoms with Gasteiger partial charge in [-0.1, -0.05) is 6.07 Å². The Morgan fingerprint density at radius 2 is 2.00 bits per heavy atom. The molecule has 1 aromatic carbocycles. The number of hydrogen-bond acceptors (Lipinski definition) is 3. The standard InChI is InChI=1S/C12H11F2NO3/c1-6-11(15(7(2)16)12(17)18-6)8-3-4-9(13)10(14)5-8/h3-6,11H,1-2H3/t6-,11-/m1/s1. The number of nitrogens with zero attached hydrogens (tertiary/aromatic N) is 1. The third-order valence-electron chi connectivity index (χ3n) is 2.83. The van der Waals surface area contributed by atoms with Crippen LogP contribution in [0.5, 0.6) is 0 Å². The first-order valence-corrected chi connectivity index (χ1v) is 5.37. The fourth-order valence-corrected chi connectivity index (χ4v) is 2.04. The Morgan fingerprint density at radius 1 is 1.33 bits per heavy atom. The predicted molar refractivity (Wildman–Crippen MR) is 57.6 cm³/mol. The van der Waals surface area contributed by atoms with Crippen molar-refractivity contribution in [1.29, 1.82) is 0 Å². The minimum Gasteiger partial charge on any atom is -0.443 e. The lowest BCUT2D eigenvalue weighted by Gasteiger charge is -2.20. The van der Waals surface area contributed by atoms with Gasteiger partial charge >= 0.3 is 6.09 Å². The molecule has 1 aromatic rings. The summed E-state index contributed by atoms with van der Waals surface area (Å²) >= 11 is 0. The SMILES string of the molecule is CC(=O)N1C(=O)O[C@H](C)[C@@H]1c1ccc(F)c(F)c1. The number of imide groups is 1. The van der Waals surface area contributed by atoms with Gasteiger partial charge in [-0.05, 0) is 24.6 Å². The first-order chi connectivity index (χ1) is 8.41. The second-order valence-corrected chi connectivity index (χ2v) is 4.10. The van der Waals surface area contributed by atoms with Crippen LogP contribution in [0, 0.1) is 11.6 Å². The van der Waals surface area contributed by atoms with Gasteiger partial charge in [0.1, 0.15) is 12.1 Å². The number of rotatable bonds is 1. The summed E-state index contributed by atoms with van der Waals surface area (Å²) in [5.74, 6) is -2.51. The molecule has 0 aliphatic carbocycles. The Hall–Kier alpha value is -1.98. The second kappa shape index (κ2) is 4.36. The molecule has 6 heteroatoms. The fourth-order valence-electron chi connectivity index (χ4n) is 2.04. The molecule has 2 atom stereocenters. The van der Waals surface area contributed by atoms with Gasteiger partial charge in [0.15, 0.2) is 11.6 Å². The van der Waals surface area contributed by atoms with E-state index in [0.717, 1.165) is 17.0 Å². The Bertz CT molecular complexity index is 518. The topological polar surface area (TPSA) is 46.6 Å². The maximum Gasteiger partial charge on any atom is 0.417 e. The molecule has 1 saturated heterocycles. The molecule has 2 amide bonds. The molecule has 1 aliphatic heterocycles. The summed E-state index contributed by atoms with van der Waals surface area (Å²) in [6.07, 6.45) is -1.38. The molecule has 4 nitrogen and oxygen atoms in total. The first-order valence-electron chi connectivity index (χ1n) is 5.37. The van der Waals surface area contributed by atoms with Gasteiger partial charge in [-0.25, -0.2) is 18.5 Å². The van der Waals surface area contributed by atoms with Gasteiger partial charge in [0.2, 0.25) is 5.91 Å². The number of carbonyl (C=O) groups is 2. The van der Waals surface area contributed by atoms with Crippen molar-refractivity contribution in [2.45, 2.75) is 26.0 Å². The normalized spacial score (nSPS) is 23.1. The van der Waals surface area contributed by atoms with E-state index in [1.165, 1.54) is 13.0 Å². The summed E-state index contributed by atoms with van der Waals surface area (Å²) in [4.78, 5) is 23.8. The van der Waals surface area contributed by atoms with Gasteiger partial charge in [-0.3, -0.25) is 4.79 Å². The molecular weight excluding hydrogens is 244 g/mol. The predicted octanol–water partition coefficient (Wildman–Crippen LogP) is 2.39. The highest BCUT2D eigenvalue weighted by molar-refractivity contribution is 5.92. The van der Waals surface area contributed by atoms with Gasteiger partial charge in [0, 0.05) is 6.92 Å². The lowest BCUT2D eigenvalue weighted by molar-refractivity contribution is -0.127. The van der Waals surface area contributed by atoms with Crippen LogP contribution in [0.25, 0.3) is 0 Å². The van der Waals surface area contributed by atoms with E-state index in [1.807, 2.05) is 0 Å². The summed E-state index contributed by atoms with van der Waals surface area (Å²) in [6, 6.07) is 2.52. The maximum atomic E-state index is 13.2. The van der Waals surface area contributed by atoms with E-state index in [2.05, 4.69) is 0 Å². The number of amides is 2. The minimum atomic E-state index is -1.03. The number of halogens is 2. The van der Waals surface area contributed by atoms with Crippen LogP contribution < -0.4 is 0 Å². The summed E-state index contributed by atoms with van der Waals surface area (Å²) in [6.45, 7) is 2.80. The fraction of sp³-hybridized carbons (Fsp3) is 0.333. The van der Waals surface area contributed by atoms with E-state index in [-0.39, 0.29) is 0 Å². The number of carbonyl (C=O) groups excluding carboxylic acids is 2. The van der Waals surface area contributed by atoms with E-state index < -0.39 is 35.8 Å². The van der Waals surface area contributed by atoms with Crippen molar-refractivity contribution in [1.82, 2.24) is 4.90 Å². The molecule has 0 spiro atoms. The van der Waals surface area contributed by atoms with Crippen molar-refractivity contribution in [3.8, 4) is 0 Å². The molecule has 2 rings (SSSR count). The van der Waals surface area contributed by atoms with Crippen LogP contribution >= 0.6 is 0 Å². The van der Waals surface area contributed by atoms with Crippen molar-refractivity contribution >= 4 is 12.0 Å². The quantitative estimate of drug-likeness (QED) is 0.774. The van der Waals surface area contributed by atoms with Gasteiger partial charge in [-0.15, -0.1) is 0 Å². The summed E-state index contributed by atoms with van der Waals surface area (Å²) in [7, 11) is 0. The van der Waals surface area contributed by atoms with Crippen molar-refractivity contribution in [2.24, 2.45) is 0 Å². The molecule has 1 fully saturated rings. The van der Waals surface area contributed by atoms with Gasteiger partial charge in [0.05, 0.1) is 0 Å². The Kier molecular flexibility index (Phi) is 3.02. The lowest BCUT2D eigenvalue weighted by atomic mass is 10.0. The van der Waals surface area contributed by atoms with Crippen LogP contribution in [0.4, 0.5) is 13.6 Å². The molecule has 0 saturated carbocycles. The highest BCUT2D eigenvalue weighted by Crippen LogP contribution is 2.33. The number of benzene rings is 1. The molecule has 0 unspecified atom stereocenters. The van der Waals surface area contributed by atoms with Crippen LogP contribution in [0.1, 0.15) is 25.5 Å². The summed E-state index contributed by atoms with van der Waals surface area (Å²) in [5.41, 5.74) is 0.322. The zero-order valence-electron chi connectivity index (χ0n) is 9.81. The van der Waals surface area contributed by atoms with Crippen molar-refractivity contribution in [3.63, 3.8) is 0 Å². The molecule has 1 heterocycles. The molecule has 0 bridgehead atoms. The number of ether oxygens (including phenoxy) is 1. The van der Waals surface area contributed by atoms with Gasteiger partial charge in [-0.2, -0.15) is 0 Å². The van der Waals surface area contributed by atoms with Crippen LogP contribution in [0.15, 0.2) is 18.2 Å². The summed E-state index contributed by atoms with van der Waals surface area (Å²) in [5, 5.41) is 0. The highest BCUT2D eigenvalue weighted by atomic mass is 19.2. The Labute approximate surface area is 102 Å². The lowest BCUT2D eigenvalue weighted by Crippen LogP contribution is -2.33. The molecule has 0 radical (unpaired) electrons. The molecule has 0 aromatic heterocycles. The third-order valence-corrected chi connectivity index (χ3v) is 2.83. The zero-order valence-corrected chi connectivity index (χ0v) is 9.81. The summed E-state index contributed by atoms with van der Waals surface area (Å²) < 4.78 is 31.0. The largest absolute Gasteiger partial charge is 0.443 e. The third kappa shape index (κ3) is 1.94. The Balaban J connectivity index is 2.43. The van der Waals surface area contributed by atoms with Crippen molar-refractivity contribution < 1.29 is 23.1 Å². The van der Waals surface area contributed by atoms with E-state index in [0.29, 0.717) is 5.56 Å². The smallest absolute Gasteiger partial charge is 0.417 e. The molecular formula is C12H11F2NO3. The van der Waals surface area contributed by atoms with Gasteiger partial charge < -0.3 is 4.74 Å². The van der Waals surface area contributed by atoms with E-state index in [9.17, 15) is 18.4 Å². The first kappa shape index (κ1) is 12.5. The monoisotopic (exact) mass is 255 g/mol. The highest BCUT2D eigenvalue weighted by Gasteiger charge is 2.42. The van der Waals surface area contributed by atoms with Crippen LogP contribution in [0.2, 0.25) is 0 Å². The van der Waals surface area contributed by atoms with Crippen molar-refractivity contribution in [2.75, 3.05) is 0 Å². The van der Waals surface area contributed by atoms with E-state index >= 15 is 0 Å². The molecule has 0 N–H and O–H groups in total. The van der Waals surface area contributed by atoms with E-state index in [4.69, 9.17) is 4.74 Å². The number of cyclic esters (lactones) is 1. The minimum absolute atomic E-state index is 0.322. The van der Waals surface area contributed by atoms with E-state index in [1.54, 1.807) is 6.92 Å². The van der Waals surface area contributed by atoms with Crippen LogP contribution in [0.3, 0.4) is 0 Å². The molecule has 18 heavy (non-hydrogen) atoms. The molecule has 1 aliphatic rings. The molecule has 96 valence electrons. The average Bonchev–Trinajstić information content (AvgIpc) is 2.57. The maximum absolute atomic E-state index is 13.2. The van der Waals surface area contributed by atoms with Crippen LogP contribution in [-0.2, 0) is 9.53 Å². The number of hydrogen-bond donors (Lipinski definition) is 0. The van der Waals surface area contributed by atoms with Gasteiger partial charge in [0.25, 0.3) is 0 Å². The Morgan fingerprint density at radius 3 is 2.56 bits per heavy atom. The van der Waals surface area contributed by atoms with Crippen molar-refractivity contribution in [3.05, 3.63) is 35.4 Å².